The van der Waals surface area contributed by atoms with Crippen LogP contribution in [0.4, 0.5) is 5.69 Å². The lowest BCUT2D eigenvalue weighted by Crippen LogP contribution is -2.23. The molecule has 5 nitrogen and oxygen atoms in total. The summed E-state index contributed by atoms with van der Waals surface area (Å²) in [5.41, 5.74) is 0.414. The molecule has 1 rings (SSSR count). The molecular formula is C19H30N2O3. The van der Waals surface area contributed by atoms with Crippen LogP contribution in [0.15, 0.2) is 12.1 Å². The van der Waals surface area contributed by atoms with Crippen molar-refractivity contribution in [3.63, 3.8) is 0 Å². The van der Waals surface area contributed by atoms with Crippen molar-refractivity contribution in [2.75, 3.05) is 25.0 Å². The van der Waals surface area contributed by atoms with E-state index in [0.29, 0.717) is 12.2 Å². The van der Waals surface area contributed by atoms with Crippen molar-refractivity contribution in [1.82, 2.24) is 5.32 Å². The SMILES string of the molecule is C#CCCCCCCCCCNCCNc1ccc(O)c(O)c1O. The highest BCUT2D eigenvalue weighted by molar-refractivity contribution is 5.66. The second-order valence-electron chi connectivity index (χ2n) is 5.94. The fourth-order valence-electron chi connectivity index (χ4n) is 2.48. The van der Waals surface area contributed by atoms with Crippen molar-refractivity contribution in [1.29, 1.82) is 0 Å². The Morgan fingerprint density at radius 1 is 0.792 bits per heavy atom. The predicted octanol–water partition coefficient (Wildman–Crippen LogP) is 3.56. The number of hydrogen-bond acceptors (Lipinski definition) is 5. The van der Waals surface area contributed by atoms with Gasteiger partial charge >= 0.3 is 0 Å². The lowest BCUT2D eigenvalue weighted by Gasteiger charge is -2.11. The van der Waals surface area contributed by atoms with Crippen LogP contribution in [-0.4, -0.2) is 35.0 Å². The van der Waals surface area contributed by atoms with Gasteiger partial charge in [-0.1, -0.05) is 32.1 Å². The first-order valence-electron chi connectivity index (χ1n) is 8.78. The van der Waals surface area contributed by atoms with E-state index < -0.39 is 5.75 Å². The number of rotatable bonds is 13. The van der Waals surface area contributed by atoms with Crippen LogP contribution in [0.25, 0.3) is 0 Å². The minimum Gasteiger partial charge on any atom is -0.504 e. The van der Waals surface area contributed by atoms with Crippen molar-refractivity contribution in [2.45, 2.75) is 51.4 Å². The molecule has 0 saturated carbocycles. The third-order valence-corrected chi connectivity index (χ3v) is 3.92. The van der Waals surface area contributed by atoms with Crippen molar-refractivity contribution < 1.29 is 15.3 Å². The molecule has 0 atom stereocenters. The highest BCUT2D eigenvalue weighted by Gasteiger charge is 2.09. The molecular weight excluding hydrogens is 304 g/mol. The Hall–Kier alpha value is -2.06. The highest BCUT2D eigenvalue weighted by atomic mass is 16.3. The van der Waals surface area contributed by atoms with Crippen LogP contribution in [0.2, 0.25) is 0 Å². The quantitative estimate of drug-likeness (QED) is 0.165. The predicted molar refractivity (Wildman–Crippen MR) is 98.6 cm³/mol. The third kappa shape index (κ3) is 7.98. The Labute approximate surface area is 145 Å². The molecule has 0 aromatic heterocycles. The standard InChI is InChI=1S/C19H30N2O3/c1-2-3-4-5-6-7-8-9-10-13-20-14-15-21-16-11-12-17(22)19(24)18(16)23/h1,11-12,20-24H,3-10,13-15H2. The molecule has 0 radical (unpaired) electrons. The number of terminal acetylenes is 1. The van der Waals surface area contributed by atoms with Gasteiger partial charge in [0.2, 0.25) is 5.75 Å². The molecule has 1 aromatic rings. The lowest BCUT2D eigenvalue weighted by atomic mass is 10.1. The summed E-state index contributed by atoms with van der Waals surface area (Å²) in [7, 11) is 0. The molecule has 0 heterocycles. The molecule has 1 aromatic carbocycles. The maximum absolute atomic E-state index is 9.67. The summed E-state index contributed by atoms with van der Waals surface area (Å²) in [4.78, 5) is 0. The Morgan fingerprint density at radius 3 is 2.17 bits per heavy atom. The Kier molecular flexibility index (Phi) is 10.3. The van der Waals surface area contributed by atoms with Crippen molar-refractivity contribution >= 4 is 5.69 Å². The van der Waals surface area contributed by atoms with Gasteiger partial charge in [-0.3, -0.25) is 0 Å². The first kappa shape index (κ1) is 20.0. The van der Waals surface area contributed by atoms with E-state index >= 15 is 0 Å². The van der Waals surface area contributed by atoms with E-state index in [-0.39, 0.29) is 11.5 Å². The Morgan fingerprint density at radius 2 is 1.46 bits per heavy atom. The molecule has 0 saturated heterocycles. The second-order valence-corrected chi connectivity index (χ2v) is 5.94. The fraction of sp³-hybridized carbons (Fsp3) is 0.579. The van der Waals surface area contributed by atoms with Gasteiger partial charge in [0, 0.05) is 19.5 Å². The summed E-state index contributed by atoms with van der Waals surface area (Å²) in [5.74, 6) is 1.53. The number of aromatic hydroxyl groups is 3. The van der Waals surface area contributed by atoms with Gasteiger partial charge in [-0.05, 0) is 31.5 Å². The smallest absolute Gasteiger partial charge is 0.202 e. The van der Waals surface area contributed by atoms with E-state index in [0.717, 1.165) is 32.4 Å². The van der Waals surface area contributed by atoms with Crippen LogP contribution < -0.4 is 10.6 Å². The molecule has 0 unspecified atom stereocenters. The zero-order valence-electron chi connectivity index (χ0n) is 14.4. The zero-order valence-corrected chi connectivity index (χ0v) is 14.4. The van der Waals surface area contributed by atoms with E-state index in [4.69, 9.17) is 6.42 Å². The van der Waals surface area contributed by atoms with E-state index in [2.05, 4.69) is 16.6 Å². The number of phenols is 3. The van der Waals surface area contributed by atoms with Gasteiger partial charge in [0.15, 0.2) is 11.5 Å². The first-order chi connectivity index (χ1) is 11.7. The molecule has 0 aliphatic carbocycles. The average molecular weight is 334 g/mol. The maximum atomic E-state index is 9.67. The molecule has 24 heavy (non-hydrogen) atoms. The Bertz CT molecular complexity index is 512. The molecule has 5 heteroatoms. The van der Waals surface area contributed by atoms with Gasteiger partial charge in [0.05, 0.1) is 5.69 Å². The molecule has 0 aliphatic heterocycles. The first-order valence-corrected chi connectivity index (χ1v) is 8.78. The summed E-state index contributed by atoms with van der Waals surface area (Å²) in [6.45, 7) is 2.38. The number of nitrogens with one attached hydrogen (secondary N) is 2. The highest BCUT2D eigenvalue weighted by Crippen LogP contribution is 2.39. The third-order valence-electron chi connectivity index (χ3n) is 3.92. The van der Waals surface area contributed by atoms with E-state index in [9.17, 15) is 15.3 Å². The largest absolute Gasteiger partial charge is 0.504 e. The number of anilines is 1. The monoisotopic (exact) mass is 334 g/mol. The van der Waals surface area contributed by atoms with Crippen LogP contribution in [0, 0.1) is 12.3 Å². The van der Waals surface area contributed by atoms with Gasteiger partial charge in [0.1, 0.15) is 0 Å². The van der Waals surface area contributed by atoms with Gasteiger partial charge in [-0.2, -0.15) is 0 Å². The number of hydrogen-bond donors (Lipinski definition) is 5. The van der Waals surface area contributed by atoms with Crippen LogP contribution in [0.1, 0.15) is 51.4 Å². The van der Waals surface area contributed by atoms with Crippen LogP contribution in [0.5, 0.6) is 17.2 Å². The molecule has 0 amide bonds. The summed E-state index contributed by atoms with van der Waals surface area (Å²) >= 11 is 0. The van der Waals surface area contributed by atoms with Crippen molar-refractivity contribution in [3.8, 4) is 29.6 Å². The lowest BCUT2D eigenvalue weighted by molar-refractivity contribution is 0.369. The number of unbranched alkanes of at least 4 members (excludes halogenated alkanes) is 7. The van der Waals surface area contributed by atoms with Crippen molar-refractivity contribution in [3.05, 3.63) is 12.1 Å². The summed E-state index contributed by atoms with van der Waals surface area (Å²) in [6.07, 6.45) is 14.8. The number of benzene rings is 1. The molecule has 0 fully saturated rings. The zero-order chi connectivity index (χ0) is 17.6. The van der Waals surface area contributed by atoms with E-state index in [1.54, 1.807) is 0 Å². The number of phenolic OH excluding ortho intramolecular Hbond substituents is 3. The fourth-order valence-corrected chi connectivity index (χ4v) is 2.48. The summed E-state index contributed by atoms with van der Waals surface area (Å²) < 4.78 is 0. The minimum absolute atomic E-state index is 0.322. The van der Waals surface area contributed by atoms with Crippen LogP contribution in [0.3, 0.4) is 0 Å². The van der Waals surface area contributed by atoms with Gasteiger partial charge < -0.3 is 26.0 Å². The summed E-state index contributed by atoms with van der Waals surface area (Å²) in [6, 6.07) is 2.88. The molecule has 134 valence electrons. The molecule has 5 N–H and O–H groups in total. The minimum atomic E-state index is -0.493. The molecule has 0 spiro atoms. The summed E-state index contributed by atoms with van der Waals surface area (Å²) in [5, 5.41) is 34.7. The van der Waals surface area contributed by atoms with Gasteiger partial charge in [-0.15, -0.1) is 12.3 Å². The Balaban J connectivity index is 1.94. The van der Waals surface area contributed by atoms with E-state index in [1.165, 1.54) is 44.2 Å². The normalized spacial score (nSPS) is 10.5. The maximum Gasteiger partial charge on any atom is 0.202 e. The van der Waals surface area contributed by atoms with Crippen molar-refractivity contribution in [2.24, 2.45) is 0 Å². The van der Waals surface area contributed by atoms with Gasteiger partial charge in [-0.25, -0.2) is 0 Å². The second kappa shape index (κ2) is 12.4. The van der Waals surface area contributed by atoms with Crippen LogP contribution in [-0.2, 0) is 0 Å². The topological polar surface area (TPSA) is 84.8 Å². The molecule has 0 aliphatic rings. The van der Waals surface area contributed by atoms with Gasteiger partial charge in [0.25, 0.3) is 0 Å². The van der Waals surface area contributed by atoms with Crippen LogP contribution >= 0.6 is 0 Å². The average Bonchev–Trinajstić information content (AvgIpc) is 2.58. The molecule has 0 bridgehead atoms. The van der Waals surface area contributed by atoms with E-state index in [1.807, 2.05) is 0 Å².